The number of benzene rings is 4. The van der Waals surface area contributed by atoms with Gasteiger partial charge in [0, 0.05) is 29.4 Å². The average Bonchev–Trinajstić information content (AvgIpc) is 2.77. The third kappa shape index (κ3) is 2.99. The number of hydrogen-bond acceptors (Lipinski definition) is 2. The highest BCUT2D eigenvalue weighted by atomic mass is 14.9. The molecule has 0 spiro atoms. The average molecular weight is 360 g/mol. The molecule has 0 aliphatic carbocycles. The van der Waals surface area contributed by atoms with Gasteiger partial charge in [0.15, 0.2) is 0 Å². The van der Waals surface area contributed by atoms with Gasteiger partial charge in [-0.15, -0.1) is 0 Å². The summed E-state index contributed by atoms with van der Waals surface area (Å²) in [5, 5.41) is 8.45. The van der Waals surface area contributed by atoms with Crippen LogP contribution in [0.15, 0.2) is 103 Å². The number of nitrogens with zero attached hydrogens (tertiary/aromatic N) is 1. The largest absolute Gasteiger partial charge is 0.380 e. The molecule has 0 aliphatic heterocycles. The Balaban J connectivity index is 1.71. The molecule has 28 heavy (non-hydrogen) atoms. The van der Waals surface area contributed by atoms with Gasteiger partial charge in [-0.1, -0.05) is 84.9 Å². The van der Waals surface area contributed by atoms with Gasteiger partial charge < -0.3 is 5.32 Å². The third-order valence-electron chi connectivity index (χ3n) is 5.17. The van der Waals surface area contributed by atoms with E-state index in [0.29, 0.717) is 0 Å². The number of aromatic nitrogens is 1. The zero-order valence-electron chi connectivity index (χ0n) is 15.5. The van der Waals surface area contributed by atoms with E-state index >= 15 is 0 Å². The zero-order valence-corrected chi connectivity index (χ0v) is 15.5. The molecule has 0 atom stereocenters. The normalized spacial score (nSPS) is 11.0. The second-order valence-corrected chi connectivity index (χ2v) is 6.93. The zero-order chi connectivity index (χ0) is 18.8. The first-order chi connectivity index (χ1) is 13.9. The summed E-state index contributed by atoms with van der Waals surface area (Å²) in [6.07, 6.45) is 1.90. The van der Waals surface area contributed by atoms with E-state index in [9.17, 15) is 0 Å². The predicted molar refractivity (Wildman–Crippen MR) is 118 cm³/mol. The van der Waals surface area contributed by atoms with Gasteiger partial charge in [-0.3, -0.25) is 4.98 Å². The molecule has 4 aromatic carbocycles. The lowest BCUT2D eigenvalue weighted by Crippen LogP contribution is -2.02. The minimum atomic E-state index is 0.775. The van der Waals surface area contributed by atoms with Crippen molar-refractivity contribution < 1.29 is 0 Å². The van der Waals surface area contributed by atoms with Crippen LogP contribution in [-0.2, 0) is 6.54 Å². The fraction of sp³-hybridized carbons (Fsp3) is 0.0385. The van der Waals surface area contributed by atoms with Crippen molar-refractivity contribution in [2.24, 2.45) is 0 Å². The van der Waals surface area contributed by atoms with Gasteiger partial charge in [-0.2, -0.15) is 0 Å². The van der Waals surface area contributed by atoms with Crippen LogP contribution in [0.5, 0.6) is 0 Å². The highest BCUT2D eigenvalue weighted by molar-refractivity contribution is 6.08. The summed E-state index contributed by atoms with van der Waals surface area (Å²) in [4.78, 5) is 4.80. The Morgan fingerprint density at radius 2 is 1.29 bits per heavy atom. The lowest BCUT2D eigenvalue weighted by Gasteiger charge is -2.16. The highest BCUT2D eigenvalue weighted by Crippen LogP contribution is 2.38. The van der Waals surface area contributed by atoms with Crippen LogP contribution >= 0.6 is 0 Å². The predicted octanol–water partition coefficient (Wildman–Crippen LogP) is 6.67. The van der Waals surface area contributed by atoms with Gasteiger partial charge in [0.05, 0.1) is 5.69 Å². The standard InChI is InChI=1S/C26H20N2/c1-2-8-19(9-3-1)18-28-24-15-14-20-10-4-6-12-22(20)25(24)26-23-13-7-5-11-21(23)16-17-27-26/h1-17,28H,18H2. The van der Waals surface area contributed by atoms with Crippen molar-refractivity contribution in [1.82, 2.24) is 4.98 Å². The summed E-state index contributed by atoms with van der Waals surface area (Å²) in [6.45, 7) is 0.775. The molecule has 5 aromatic rings. The number of nitrogens with one attached hydrogen (secondary N) is 1. The van der Waals surface area contributed by atoms with Crippen molar-refractivity contribution >= 4 is 27.2 Å². The summed E-state index contributed by atoms with van der Waals surface area (Å²) in [5.74, 6) is 0. The van der Waals surface area contributed by atoms with E-state index < -0.39 is 0 Å². The Hall–Kier alpha value is -3.65. The number of pyridine rings is 1. The molecule has 0 saturated heterocycles. The van der Waals surface area contributed by atoms with Gasteiger partial charge in [0.25, 0.3) is 0 Å². The smallest absolute Gasteiger partial charge is 0.0807 e. The van der Waals surface area contributed by atoms with Crippen molar-refractivity contribution in [2.75, 3.05) is 5.32 Å². The summed E-state index contributed by atoms with van der Waals surface area (Å²) in [7, 11) is 0. The highest BCUT2D eigenvalue weighted by Gasteiger charge is 2.14. The van der Waals surface area contributed by atoms with Gasteiger partial charge in [0.2, 0.25) is 0 Å². The Morgan fingerprint density at radius 3 is 2.11 bits per heavy atom. The SMILES string of the molecule is c1ccc(CNc2ccc3ccccc3c2-c2nccc3ccccc23)cc1. The summed E-state index contributed by atoms with van der Waals surface area (Å²) in [5.41, 5.74) is 4.54. The molecule has 0 bridgehead atoms. The molecule has 0 unspecified atom stereocenters. The van der Waals surface area contributed by atoms with E-state index in [1.807, 2.05) is 12.3 Å². The van der Waals surface area contributed by atoms with Gasteiger partial charge in [-0.05, 0) is 33.9 Å². The van der Waals surface area contributed by atoms with Crippen LogP contribution in [0, 0.1) is 0 Å². The van der Waals surface area contributed by atoms with E-state index in [1.54, 1.807) is 0 Å². The fourth-order valence-electron chi connectivity index (χ4n) is 3.79. The van der Waals surface area contributed by atoms with Crippen LogP contribution in [0.1, 0.15) is 5.56 Å². The van der Waals surface area contributed by atoms with Gasteiger partial charge >= 0.3 is 0 Å². The van der Waals surface area contributed by atoms with Crippen molar-refractivity contribution in [1.29, 1.82) is 0 Å². The lowest BCUT2D eigenvalue weighted by molar-refractivity contribution is 1.15. The van der Waals surface area contributed by atoms with Crippen molar-refractivity contribution in [3.63, 3.8) is 0 Å². The molecule has 1 heterocycles. The number of anilines is 1. The molecular weight excluding hydrogens is 340 g/mol. The first kappa shape index (κ1) is 16.5. The Kier molecular flexibility index (Phi) is 4.23. The molecule has 1 N–H and O–H groups in total. The molecule has 0 radical (unpaired) electrons. The van der Waals surface area contributed by atoms with Crippen LogP contribution in [0.2, 0.25) is 0 Å². The van der Waals surface area contributed by atoms with Crippen LogP contribution in [0.3, 0.4) is 0 Å². The van der Waals surface area contributed by atoms with Gasteiger partial charge in [0.1, 0.15) is 0 Å². The van der Waals surface area contributed by atoms with Crippen LogP contribution in [-0.4, -0.2) is 4.98 Å². The maximum atomic E-state index is 4.80. The van der Waals surface area contributed by atoms with Crippen LogP contribution in [0.25, 0.3) is 32.8 Å². The minimum absolute atomic E-state index is 0.775. The molecule has 0 aliphatic rings. The van der Waals surface area contributed by atoms with Crippen molar-refractivity contribution in [2.45, 2.75) is 6.54 Å². The minimum Gasteiger partial charge on any atom is -0.380 e. The molecule has 2 heteroatoms. The Labute approximate surface area is 164 Å². The number of rotatable bonds is 4. The second-order valence-electron chi connectivity index (χ2n) is 6.93. The lowest BCUT2D eigenvalue weighted by atomic mass is 9.96. The molecule has 5 rings (SSSR count). The van der Waals surface area contributed by atoms with E-state index in [4.69, 9.17) is 4.98 Å². The van der Waals surface area contributed by atoms with E-state index in [0.717, 1.165) is 23.5 Å². The first-order valence-electron chi connectivity index (χ1n) is 9.54. The topological polar surface area (TPSA) is 24.9 Å². The van der Waals surface area contributed by atoms with Crippen molar-refractivity contribution in [3.8, 4) is 11.3 Å². The molecular formula is C26H20N2. The molecule has 134 valence electrons. The molecule has 2 nitrogen and oxygen atoms in total. The monoisotopic (exact) mass is 360 g/mol. The summed E-state index contributed by atoms with van der Waals surface area (Å²) in [6, 6.07) is 33.9. The molecule has 1 aromatic heterocycles. The van der Waals surface area contributed by atoms with Crippen LogP contribution in [0.4, 0.5) is 5.69 Å². The molecule has 0 saturated carbocycles. The number of fused-ring (bicyclic) bond motifs is 2. The van der Waals surface area contributed by atoms with E-state index in [2.05, 4.69) is 96.3 Å². The second kappa shape index (κ2) is 7.16. The van der Waals surface area contributed by atoms with Crippen molar-refractivity contribution in [3.05, 3.63) is 109 Å². The Bertz CT molecular complexity index is 1250. The van der Waals surface area contributed by atoms with E-state index in [1.165, 1.54) is 27.1 Å². The van der Waals surface area contributed by atoms with E-state index in [-0.39, 0.29) is 0 Å². The van der Waals surface area contributed by atoms with Crippen LogP contribution < -0.4 is 5.32 Å². The third-order valence-corrected chi connectivity index (χ3v) is 5.17. The quantitative estimate of drug-likeness (QED) is 0.387. The first-order valence-corrected chi connectivity index (χ1v) is 9.54. The Morgan fingerprint density at radius 1 is 0.607 bits per heavy atom. The maximum absolute atomic E-state index is 4.80. The summed E-state index contributed by atoms with van der Waals surface area (Å²) < 4.78 is 0. The molecule has 0 amide bonds. The van der Waals surface area contributed by atoms with Gasteiger partial charge in [-0.25, -0.2) is 0 Å². The maximum Gasteiger partial charge on any atom is 0.0807 e. The number of hydrogen-bond donors (Lipinski definition) is 1. The fourth-order valence-corrected chi connectivity index (χ4v) is 3.79. The molecule has 0 fully saturated rings. The summed E-state index contributed by atoms with van der Waals surface area (Å²) >= 11 is 0.